The zero-order valence-electron chi connectivity index (χ0n) is 5.27. The minimum absolute atomic E-state index is 0.728. The van der Waals surface area contributed by atoms with Gasteiger partial charge < -0.3 is 0 Å². The van der Waals surface area contributed by atoms with Crippen LogP contribution in [0.1, 0.15) is 0 Å². The fourth-order valence-electron chi connectivity index (χ4n) is 0.167. The van der Waals surface area contributed by atoms with Crippen molar-refractivity contribution >= 4 is 18.3 Å². The molecular formula is C2H6O6S2. The molecule has 62 valence electrons. The van der Waals surface area contributed by atoms with Gasteiger partial charge in [0.15, 0.2) is 0 Å². The highest BCUT2D eigenvalue weighted by atomic mass is 33.2. The molecule has 0 unspecified atom stereocenters. The van der Waals surface area contributed by atoms with Crippen LogP contribution in [-0.2, 0) is 26.7 Å². The number of hydrogen-bond acceptors (Lipinski definition) is 6. The van der Waals surface area contributed by atoms with Crippen LogP contribution in [0.25, 0.3) is 0 Å². The molecule has 0 aromatic rings. The van der Waals surface area contributed by atoms with E-state index in [-0.39, 0.29) is 0 Å². The third-order valence-electron chi connectivity index (χ3n) is 0.658. The Morgan fingerprint density at radius 3 is 1.10 bits per heavy atom. The molecule has 0 amide bonds. The van der Waals surface area contributed by atoms with E-state index < -0.39 is 18.3 Å². The van der Waals surface area contributed by atoms with Crippen molar-refractivity contribution in [1.29, 1.82) is 0 Å². The molecule has 0 aliphatic carbocycles. The van der Waals surface area contributed by atoms with E-state index in [1.807, 2.05) is 0 Å². The molecule has 0 radical (unpaired) electrons. The fraction of sp³-hybridized carbons (Fsp3) is 1.00. The van der Waals surface area contributed by atoms with Gasteiger partial charge in [0.2, 0.25) is 0 Å². The van der Waals surface area contributed by atoms with Crippen molar-refractivity contribution in [3.63, 3.8) is 0 Å². The third-order valence-corrected chi connectivity index (χ3v) is 4.29. The van der Waals surface area contributed by atoms with Gasteiger partial charge >= 0.3 is 18.3 Å². The lowest BCUT2D eigenvalue weighted by Crippen LogP contribution is -2.17. The van der Waals surface area contributed by atoms with Crippen LogP contribution in [0.5, 0.6) is 0 Å². The average molecular weight is 190 g/mol. The van der Waals surface area contributed by atoms with Crippen LogP contribution in [0.2, 0.25) is 0 Å². The Balaban J connectivity index is 5.05. The molecule has 0 aromatic heterocycles. The Bertz CT molecular complexity index is 250. The second-order valence-electron chi connectivity index (χ2n) is 1.15. The molecule has 0 aliphatic heterocycles. The average Bonchev–Trinajstić information content (AvgIpc) is 1.88. The molecule has 0 N–H and O–H groups in total. The molecule has 0 fully saturated rings. The monoisotopic (exact) mass is 190 g/mol. The summed E-state index contributed by atoms with van der Waals surface area (Å²) in [5, 5.41) is 0. The van der Waals surface area contributed by atoms with Gasteiger partial charge in [-0.05, 0) is 0 Å². The highest BCUT2D eigenvalue weighted by Gasteiger charge is 2.29. The summed E-state index contributed by atoms with van der Waals surface area (Å²) in [6.07, 6.45) is 0. The van der Waals surface area contributed by atoms with Gasteiger partial charge in [-0.3, -0.25) is 8.37 Å². The predicted octanol–water partition coefficient (Wildman–Crippen LogP) is -1.15. The molecule has 6 nitrogen and oxygen atoms in total. The normalized spacial score (nSPS) is 13.4. The van der Waals surface area contributed by atoms with Gasteiger partial charge in [0.1, 0.15) is 0 Å². The summed E-state index contributed by atoms with van der Waals surface area (Å²) in [5.41, 5.74) is 0. The molecule has 0 aliphatic rings. The molecule has 10 heavy (non-hydrogen) atoms. The van der Waals surface area contributed by atoms with Gasteiger partial charge in [-0.2, -0.15) is 16.8 Å². The first kappa shape index (κ1) is 9.82. The SMILES string of the molecule is COS(=O)(=O)S(=O)(=O)OC. The Kier molecular flexibility index (Phi) is 2.77. The molecular weight excluding hydrogens is 184 g/mol. The van der Waals surface area contributed by atoms with Crippen LogP contribution in [0.3, 0.4) is 0 Å². The van der Waals surface area contributed by atoms with Crippen LogP contribution in [0.4, 0.5) is 0 Å². The lowest BCUT2D eigenvalue weighted by Gasteiger charge is -1.97. The standard InChI is InChI=1S/C2H6O6S2/c1-7-9(3,4)10(5,6)8-2/h1-2H3. The fourth-order valence-corrected chi connectivity index (χ4v) is 1.50. The van der Waals surface area contributed by atoms with Gasteiger partial charge in [0.25, 0.3) is 0 Å². The van der Waals surface area contributed by atoms with Crippen LogP contribution in [0.15, 0.2) is 0 Å². The molecule has 0 spiro atoms. The van der Waals surface area contributed by atoms with Crippen molar-refractivity contribution in [3.05, 3.63) is 0 Å². The molecule has 0 heterocycles. The van der Waals surface area contributed by atoms with E-state index in [1.54, 1.807) is 0 Å². The van der Waals surface area contributed by atoms with E-state index in [0.717, 1.165) is 14.2 Å². The summed E-state index contributed by atoms with van der Waals surface area (Å²) in [4.78, 5) is 0. The van der Waals surface area contributed by atoms with Gasteiger partial charge in [-0.25, -0.2) is 0 Å². The minimum atomic E-state index is -4.60. The summed E-state index contributed by atoms with van der Waals surface area (Å²) in [6, 6.07) is 0. The maximum atomic E-state index is 10.3. The van der Waals surface area contributed by atoms with Gasteiger partial charge in [0.05, 0.1) is 14.2 Å². The summed E-state index contributed by atoms with van der Waals surface area (Å²) in [6.45, 7) is 0. The Morgan fingerprint density at radius 1 is 0.800 bits per heavy atom. The second-order valence-corrected chi connectivity index (χ2v) is 5.90. The van der Waals surface area contributed by atoms with E-state index >= 15 is 0 Å². The zero-order valence-corrected chi connectivity index (χ0v) is 6.90. The topological polar surface area (TPSA) is 86.7 Å². The first-order valence-corrected chi connectivity index (χ1v) is 5.32. The van der Waals surface area contributed by atoms with Gasteiger partial charge in [-0.1, -0.05) is 0 Å². The van der Waals surface area contributed by atoms with Crippen molar-refractivity contribution in [1.82, 2.24) is 0 Å². The van der Waals surface area contributed by atoms with Gasteiger partial charge in [-0.15, -0.1) is 0 Å². The largest absolute Gasteiger partial charge is 0.399 e. The smallest absolute Gasteiger partial charge is 0.260 e. The van der Waals surface area contributed by atoms with Crippen molar-refractivity contribution in [2.24, 2.45) is 0 Å². The van der Waals surface area contributed by atoms with Crippen LogP contribution in [-0.4, -0.2) is 31.1 Å². The molecule has 0 aromatic carbocycles. The van der Waals surface area contributed by atoms with E-state index in [9.17, 15) is 16.8 Å². The van der Waals surface area contributed by atoms with E-state index in [0.29, 0.717) is 0 Å². The maximum absolute atomic E-state index is 10.3. The highest BCUT2D eigenvalue weighted by Crippen LogP contribution is 2.03. The number of hydrogen-bond donors (Lipinski definition) is 0. The molecule has 0 saturated carbocycles. The van der Waals surface area contributed by atoms with Gasteiger partial charge in [0, 0.05) is 0 Å². The predicted molar refractivity (Wildman–Crippen MR) is 31.9 cm³/mol. The lowest BCUT2D eigenvalue weighted by atomic mass is 11.8. The summed E-state index contributed by atoms with van der Waals surface area (Å²) >= 11 is 0. The van der Waals surface area contributed by atoms with Crippen LogP contribution < -0.4 is 0 Å². The molecule has 0 atom stereocenters. The molecule has 8 heteroatoms. The minimum Gasteiger partial charge on any atom is -0.260 e. The van der Waals surface area contributed by atoms with E-state index in [1.165, 1.54) is 0 Å². The quantitative estimate of drug-likeness (QED) is 0.522. The van der Waals surface area contributed by atoms with Crippen molar-refractivity contribution < 1.29 is 25.2 Å². The van der Waals surface area contributed by atoms with Crippen molar-refractivity contribution in [2.75, 3.05) is 14.2 Å². The summed E-state index contributed by atoms with van der Waals surface area (Å²) in [5.74, 6) is 0. The van der Waals surface area contributed by atoms with Crippen LogP contribution >= 0.6 is 0 Å². The highest BCUT2D eigenvalue weighted by molar-refractivity contribution is 8.63. The Labute approximate surface area is 58.4 Å². The maximum Gasteiger partial charge on any atom is 0.399 e. The number of rotatable bonds is 3. The zero-order chi connectivity index (χ0) is 8.41. The molecule has 0 bridgehead atoms. The summed E-state index contributed by atoms with van der Waals surface area (Å²) in [7, 11) is -7.74. The third kappa shape index (κ3) is 1.66. The van der Waals surface area contributed by atoms with E-state index in [2.05, 4.69) is 8.37 Å². The Morgan fingerprint density at radius 2 is 1.00 bits per heavy atom. The van der Waals surface area contributed by atoms with Crippen molar-refractivity contribution in [2.45, 2.75) is 0 Å². The van der Waals surface area contributed by atoms with Crippen molar-refractivity contribution in [3.8, 4) is 0 Å². The van der Waals surface area contributed by atoms with Crippen LogP contribution in [0, 0.1) is 0 Å². The molecule has 0 rings (SSSR count). The second kappa shape index (κ2) is 2.82. The van der Waals surface area contributed by atoms with E-state index in [4.69, 9.17) is 0 Å². The molecule has 0 saturated heterocycles. The first-order valence-electron chi connectivity index (χ1n) is 1.98. The Hall–Kier alpha value is -0.180. The summed E-state index contributed by atoms with van der Waals surface area (Å²) < 4.78 is 48.6. The lowest BCUT2D eigenvalue weighted by molar-refractivity contribution is 0.378. The first-order chi connectivity index (χ1) is 4.37.